The number of carbonyl (C=O) groups is 1. The number of halogens is 1. The molecule has 1 amide bonds. The van der Waals surface area contributed by atoms with Gasteiger partial charge < -0.3 is 10.6 Å². The molecule has 104 valence electrons. The van der Waals surface area contributed by atoms with Crippen LogP contribution in [0, 0.1) is 17.1 Å². The summed E-state index contributed by atoms with van der Waals surface area (Å²) in [7, 11) is 0. The van der Waals surface area contributed by atoms with Gasteiger partial charge in [0.25, 0.3) is 5.91 Å². The van der Waals surface area contributed by atoms with Gasteiger partial charge in [-0.05, 0) is 30.3 Å². The molecule has 21 heavy (non-hydrogen) atoms. The number of nitrogens with one attached hydrogen (secondary N) is 2. The van der Waals surface area contributed by atoms with E-state index in [0.717, 1.165) is 0 Å². The Bertz CT molecular complexity index is 692. The first kappa shape index (κ1) is 14.1. The Morgan fingerprint density at radius 2 is 1.90 bits per heavy atom. The normalized spacial score (nSPS) is 10.6. The quantitative estimate of drug-likeness (QED) is 0.662. The van der Waals surface area contributed by atoms with Gasteiger partial charge in [-0.25, -0.2) is 14.4 Å². The number of nitriles is 1. The predicted molar refractivity (Wildman–Crippen MR) is 74.4 cm³/mol. The van der Waals surface area contributed by atoms with Crippen molar-refractivity contribution < 1.29 is 9.18 Å². The third kappa shape index (κ3) is 4.11. The number of amides is 1. The molecule has 0 aliphatic heterocycles. The fourth-order valence-corrected chi connectivity index (χ4v) is 1.39. The van der Waals surface area contributed by atoms with Crippen molar-refractivity contribution in [2.24, 2.45) is 0 Å². The highest BCUT2D eigenvalue weighted by atomic mass is 19.1. The van der Waals surface area contributed by atoms with E-state index in [1.54, 1.807) is 12.1 Å². The maximum Gasteiger partial charge on any atom is 0.267 e. The average Bonchev–Trinajstić information content (AvgIpc) is 2.51. The van der Waals surface area contributed by atoms with Crippen LogP contribution in [0.4, 0.5) is 16.0 Å². The molecule has 0 atom stereocenters. The van der Waals surface area contributed by atoms with E-state index in [1.807, 2.05) is 0 Å². The minimum Gasteiger partial charge on any atom is -0.329 e. The van der Waals surface area contributed by atoms with Crippen molar-refractivity contribution in [2.75, 3.05) is 10.6 Å². The van der Waals surface area contributed by atoms with E-state index in [9.17, 15) is 9.18 Å². The van der Waals surface area contributed by atoms with E-state index < -0.39 is 11.7 Å². The standard InChI is InChI=1S/C14H10FN5O/c15-11-2-4-12(5-3-11)20-13(21)10(8-16)9-19-14-17-6-1-7-18-14/h1-7,9H,(H,20,21)(H,17,18,19)/b10-9-. The van der Waals surface area contributed by atoms with Gasteiger partial charge in [-0.2, -0.15) is 5.26 Å². The topological polar surface area (TPSA) is 90.7 Å². The number of benzene rings is 1. The van der Waals surface area contributed by atoms with Gasteiger partial charge in [-0.15, -0.1) is 0 Å². The molecular weight excluding hydrogens is 273 g/mol. The van der Waals surface area contributed by atoms with Gasteiger partial charge in [0.05, 0.1) is 0 Å². The second-order valence-electron chi connectivity index (χ2n) is 3.85. The van der Waals surface area contributed by atoms with Gasteiger partial charge in [0.1, 0.15) is 17.5 Å². The van der Waals surface area contributed by atoms with Gasteiger partial charge in [0.15, 0.2) is 0 Å². The summed E-state index contributed by atoms with van der Waals surface area (Å²) in [6.07, 6.45) is 4.25. The Morgan fingerprint density at radius 3 is 2.52 bits per heavy atom. The van der Waals surface area contributed by atoms with Gasteiger partial charge >= 0.3 is 0 Å². The zero-order valence-electron chi connectivity index (χ0n) is 10.7. The smallest absolute Gasteiger partial charge is 0.267 e. The van der Waals surface area contributed by atoms with Crippen molar-refractivity contribution in [3.05, 3.63) is 60.3 Å². The highest BCUT2D eigenvalue weighted by Gasteiger charge is 2.09. The molecule has 2 N–H and O–H groups in total. The minimum atomic E-state index is -0.618. The first-order valence-electron chi connectivity index (χ1n) is 5.90. The molecule has 1 heterocycles. The molecule has 0 aliphatic carbocycles. The molecule has 0 fully saturated rings. The van der Waals surface area contributed by atoms with Gasteiger partial charge in [-0.1, -0.05) is 0 Å². The van der Waals surface area contributed by atoms with Crippen LogP contribution in [-0.4, -0.2) is 15.9 Å². The molecule has 0 spiro atoms. The van der Waals surface area contributed by atoms with Crippen molar-refractivity contribution in [3.63, 3.8) is 0 Å². The van der Waals surface area contributed by atoms with E-state index in [1.165, 1.54) is 42.9 Å². The summed E-state index contributed by atoms with van der Waals surface area (Å²) >= 11 is 0. The summed E-state index contributed by atoms with van der Waals surface area (Å²) in [4.78, 5) is 19.7. The highest BCUT2D eigenvalue weighted by Crippen LogP contribution is 2.09. The largest absolute Gasteiger partial charge is 0.329 e. The fourth-order valence-electron chi connectivity index (χ4n) is 1.39. The van der Waals surface area contributed by atoms with E-state index in [0.29, 0.717) is 5.69 Å². The highest BCUT2D eigenvalue weighted by molar-refractivity contribution is 6.06. The van der Waals surface area contributed by atoms with Crippen LogP contribution in [0.15, 0.2) is 54.5 Å². The lowest BCUT2D eigenvalue weighted by atomic mass is 10.2. The molecule has 0 bridgehead atoms. The van der Waals surface area contributed by atoms with Crippen molar-refractivity contribution in [1.82, 2.24) is 9.97 Å². The van der Waals surface area contributed by atoms with Crippen LogP contribution in [0.3, 0.4) is 0 Å². The Labute approximate surface area is 120 Å². The molecule has 6 nitrogen and oxygen atoms in total. The maximum atomic E-state index is 12.8. The van der Waals surface area contributed by atoms with Crippen LogP contribution in [0.2, 0.25) is 0 Å². The van der Waals surface area contributed by atoms with Crippen LogP contribution in [0.5, 0.6) is 0 Å². The number of hydrogen-bond donors (Lipinski definition) is 2. The number of rotatable bonds is 4. The second-order valence-corrected chi connectivity index (χ2v) is 3.85. The molecule has 2 rings (SSSR count). The van der Waals surface area contributed by atoms with Crippen LogP contribution in [0.25, 0.3) is 0 Å². The SMILES string of the molecule is N#C/C(=C/Nc1ncccn1)C(=O)Nc1ccc(F)cc1. The molecule has 0 saturated carbocycles. The van der Waals surface area contributed by atoms with Crippen LogP contribution < -0.4 is 10.6 Å². The van der Waals surface area contributed by atoms with Crippen molar-refractivity contribution in [2.45, 2.75) is 0 Å². The number of hydrogen-bond acceptors (Lipinski definition) is 5. The van der Waals surface area contributed by atoms with E-state index in [2.05, 4.69) is 20.6 Å². The lowest BCUT2D eigenvalue weighted by Crippen LogP contribution is -2.14. The Hall–Kier alpha value is -3.27. The fraction of sp³-hybridized carbons (Fsp3) is 0. The average molecular weight is 283 g/mol. The lowest BCUT2D eigenvalue weighted by Gasteiger charge is -2.04. The van der Waals surface area contributed by atoms with Crippen molar-refractivity contribution >= 4 is 17.5 Å². The third-order valence-electron chi connectivity index (χ3n) is 2.38. The molecule has 0 aliphatic rings. The Balaban J connectivity index is 2.05. The molecule has 1 aromatic carbocycles. The number of nitrogens with zero attached hydrogens (tertiary/aromatic N) is 3. The minimum absolute atomic E-state index is 0.160. The maximum absolute atomic E-state index is 12.8. The number of aromatic nitrogens is 2. The van der Waals surface area contributed by atoms with Crippen molar-refractivity contribution in [3.8, 4) is 6.07 Å². The summed E-state index contributed by atoms with van der Waals surface area (Å²) in [6, 6.07) is 8.62. The summed E-state index contributed by atoms with van der Waals surface area (Å²) in [5.74, 6) is -0.765. The summed E-state index contributed by atoms with van der Waals surface area (Å²) < 4.78 is 12.8. The van der Waals surface area contributed by atoms with E-state index >= 15 is 0 Å². The summed E-state index contributed by atoms with van der Waals surface area (Å²) in [5.41, 5.74) is 0.227. The van der Waals surface area contributed by atoms with Gasteiger partial charge in [0.2, 0.25) is 5.95 Å². The van der Waals surface area contributed by atoms with Crippen LogP contribution in [-0.2, 0) is 4.79 Å². The molecule has 0 unspecified atom stereocenters. The second kappa shape index (κ2) is 6.77. The molecule has 1 aromatic heterocycles. The van der Waals surface area contributed by atoms with Gasteiger partial charge in [0, 0.05) is 24.3 Å². The van der Waals surface area contributed by atoms with Crippen molar-refractivity contribution in [1.29, 1.82) is 5.26 Å². The molecule has 0 saturated heterocycles. The van der Waals surface area contributed by atoms with E-state index in [4.69, 9.17) is 5.26 Å². The molecule has 7 heteroatoms. The zero-order chi connectivity index (χ0) is 15.1. The first-order chi connectivity index (χ1) is 10.2. The number of anilines is 2. The van der Waals surface area contributed by atoms with Gasteiger partial charge in [-0.3, -0.25) is 4.79 Å². The molecule has 2 aromatic rings. The monoisotopic (exact) mass is 283 g/mol. The third-order valence-corrected chi connectivity index (χ3v) is 2.38. The number of carbonyl (C=O) groups excluding carboxylic acids is 1. The first-order valence-corrected chi connectivity index (χ1v) is 5.90. The summed E-state index contributed by atoms with van der Waals surface area (Å²) in [5, 5.41) is 14.1. The molecular formula is C14H10FN5O. The van der Waals surface area contributed by atoms with Crippen LogP contribution >= 0.6 is 0 Å². The summed E-state index contributed by atoms with van der Waals surface area (Å²) in [6.45, 7) is 0. The van der Waals surface area contributed by atoms with E-state index in [-0.39, 0.29) is 11.5 Å². The lowest BCUT2D eigenvalue weighted by molar-refractivity contribution is -0.112. The molecule has 0 radical (unpaired) electrons. The predicted octanol–water partition coefficient (Wildman–Crippen LogP) is 2.07. The zero-order valence-corrected chi connectivity index (χ0v) is 10.7. The Kier molecular flexibility index (Phi) is 4.56. The Morgan fingerprint density at radius 1 is 1.24 bits per heavy atom. The van der Waals surface area contributed by atoms with Crippen LogP contribution in [0.1, 0.15) is 0 Å².